The van der Waals surface area contributed by atoms with Crippen LogP contribution < -0.4 is 0 Å². The quantitative estimate of drug-likeness (QED) is 0.0262. The van der Waals surface area contributed by atoms with Gasteiger partial charge in [0.25, 0.3) is 0 Å². The molecule has 0 saturated carbocycles. The van der Waals surface area contributed by atoms with Gasteiger partial charge in [0.15, 0.2) is 6.10 Å². The van der Waals surface area contributed by atoms with Gasteiger partial charge in [-0.05, 0) is 83.5 Å². The van der Waals surface area contributed by atoms with Gasteiger partial charge in [0.1, 0.15) is 13.2 Å². The van der Waals surface area contributed by atoms with Crippen molar-refractivity contribution < 1.29 is 28.6 Å². The highest BCUT2D eigenvalue weighted by Gasteiger charge is 2.19. The normalized spacial score (nSPS) is 12.4. The van der Waals surface area contributed by atoms with Gasteiger partial charge in [-0.2, -0.15) is 0 Å². The lowest BCUT2D eigenvalue weighted by atomic mass is 10.0. The maximum absolute atomic E-state index is 12.8. The molecule has 0 aliphatic carbocycles. The molecule has 0 rings (SSSR count). The Morgan fingerprint density at radius 1 is 0.308 bits per heavy atom. The average Bonchev–Trinajstić information content (AvgIpc) is 3.30. The van der Waals surface area contributed by atoms with Gasteiger partial charge in [-0.1, -0.05) is 236 Å². The molecule has 6 heteroatoms. The second kappa shape index (κ2) is 54.0. The molecule has 0 aliphatic heterocycles. The summed E-state index contributed by atoms with van der Waals surface area (Å²) in [7, 11) is 0. The molecule has 0 N–H and O–H groups in total. The Morgan fingerprint density at radius 2 is 0.554 bits per heavy atom. The van der Waals surface area contributed by atoms with Gasteiger partial charge >= 0.3 is 17.9 Å². The standard InChI is InChI=1S/C59H106O6/c1-4-7-10-13-16-19-22-25-28-29-32-34-37-40-43-46-49-52-58(61)64-55-56(65-59(62)53-50-47-44-41-38-35-31-27-24-21-18-15-12-9-6-3)54-63-57(60)51-48-45-42-39-36-33-30-26-23-20-17-14-11-8-5-2/h18,20-21,23,27,31,38,41,56H,4-17,19,22,24-26,28-30,32-37,39-40,42-55H2,1-3H3/b21-18-,23-20-,31-27-,41-38-/t56-/m1/s1. The highest BCUT2D eigenvalue weighted by molar-refractivity contribution is 5.71. The third kappa shape index (κ3) is 52.2. The molecule has 0 fully saturated rings. The van der Waals surface area contributed by atoms with Gasteiger partial charge < -0.3 is 14.2 Å². The molecule has 0 bridgehead atoms. The number of carbonyl (C=O) groups is 3. The maximum atomic E-state index is 12.8. The lowest BCUT2D eigenvalue weighted by Gasteiger charge is -2.18. The predicted octanol–water partition coefficient (Wildman–Crippen LogP) is 18.7. The van der Waals surface area contributed by atoms with E-state index in [4.69, 9.17) is 14.2 Å². The van der Waals surface area contributed by atoms with Crippen LogP contribution in [-0.4, -0.2) is 37.2 Å². The molecule has 0 saturated heterocycles. The minimum absolute atomic E-state index is 0.0868. The first-order valence-electron chi connectivity index (χ1n) is 28.1. The zero-order valence-electron chi connectivity index (χ0n) is 43.3. The lowest BCUT2D eigenvalue weighted by molar-refractivity contribution is -0.167. The van der Waals surface area contributed by atoms with Crippen molar-refractivity contribution >= 4 is 17.9 Å². The van der Waals surface area contributed by atoms with Gasteiger partial charge in [0.2, 0.25) is 0 Å². The van der Waals surface area contributed by atoms with Crippen LogP contribution in [0.15, 0.2) is 48.6 Å². The Hall–Kier alpha value is -2.63. The number of hydrogen-bond donors (Lipinski definition) is 0. The summed E-state index contributed by atoms with van der Waals surface area (Å²) in [5.74, 6) is -0.917. The van der Waals surface area contributed by atoms with E-state index >= 15 is 0 Å². The Labute approximate surface area is 403 Å². The fourth-order valence-electron chi connectivity index (χ4n) is 8.03. The topological polar surface area (TPSA) is 78.9 Å². The van der Waals surface area contributed by atoms with Gasteiger partial charge in [-0.25, -0.2) is 0 Å². The van der Waals surface area contributed by atoms with E-state index in [1.165, 1.54) is 180 Å². The molecule has 0 heterocycles. The smallest absolute Gasteiger partial charge is 0.306 e. The number of carbonyl (C=O) groups excluding carboxylic acids is 3. The van der Waals surface area contributed by atoms with Crippen LogP contribution in [0.2, 0.25) is 0 Å². The van der Waals surface area contributed by atoms with Crippen LogP contribution in [0.1, 0.15) is 290 Å². The van der Waals surface area contributed by atoms with E-state index < -0.39 is 6.10 Å². The molecule has 0 aromatic carbocycles. The van der Waals surface area contributed by atoms with Gasteiger partial charge in [-0.3, -0.25) is 14.4 Å². The summed E-state index contributed by atoms with van der Waals surface area (Å²) in [6, 6.07) is 0. The number of rotatable bonds is 51. The van der Waals surface area contributed by atoms with Crippen molar-refractivity contribution in [2.45, 2.75) is 297 Å². The van der Waals surface area contributed by atoms with Gasteiger partial charge in [0.05, 0.1) is 0 Å². The maximum Gasteiger partial charge on any atom is 0.306 e. The van der Waals surface area contributed by atoms with E-state index in [1.807, 2.05) is 0 Å². The molecular formula is C59H106O6. The first kappa shape index (κ1) is 62.4. The minimum Gasteiger partial charge on any atom is -0.462 e. The molecule has 0 aromatic rings. The largest absolute Gasteiger partial charge is 0.462 e. The Bertz CT molecular complexity index is 1140. The summed E-state index contributed by atoms with van der Waals surface area (Å²) in [6.45, 7) is 6.59. The van der Waals surface area contributed by atoms with Gasteiger partial charge in [-0.15, -0.1) is 0 Å². The van der Waals surface area contributed by atoms with Crippen molar-refractivity contribution in [2.75, 3.05) is 13.2 Å². The van der Waals surface area contributed by atoms with Crippen LogP contribution in [0.3, 0.4) is 0 Å². The monoisotopic (exact) mass is 911 g/mol. The van der Waals surface area contributed by atoms with Crippen LogP contribution in [0.5, 0.6) is 0 Å². The van der Waals surface area contributed by atoms with E-state index in [0.717, 1.165) is 64.2 Å². The number of allylic oxidation sites excluding steroid dienone is 8. The molecule has 378 valence electrons. The van der Waals surface area contributed by atoms with Crippen LogP contribution in [-0.2, 0) is 28.6 Å². The molecule has 0 amide bonds. The third-order valence-corrected chi connectivity index (χ3v) is 12.3. The van der Waals surface area contributed by atoms with Crippen molar-refractivity contribution in [3.63, 3.8) is 0 Å². The lowest BCUT2D eigenvalue weighted by Crippen LogP contribution is -2.30. The molecule has 6 nitrogen and oxygen atoms in total. The number of unbranched alkanes of at least 4 members (excludes halogenated alkanes) is 32. The Balaban J connectivity index is 4.40. The molecule has 0 unspecified atom stereocenters. The Morgan fingerprint density at radius 3 is 0.954 bits per heavy atom. The van der Waals surface area contributed by atoms with E-state index in [0.29, 0.717) is 19.3 Å². The van der Waals surface area contributed by atoms with Crippen molar-refractivity contribution in [3.05, 3.63) is 48.6 Å². The molecule has 0 aromatic heterocycles. The van der Waals surface area contributed by atoms with Crippen LogP contribution in [0.4, 0.5) is 0 Å². The minimum atomic E-state index is -0.792. The molecule has 1 atom stereocenters. The second-order valence-corrected chi connectivity index (χ2v) is 18.8. The third-order valence-electron chi connectivity index (χ3n) is 12.3. The average molecular weight is 911 g/mol. The molecule has 0 radical (unpaired) electrons. The van der Waals surface area contributed by atoms with Crippen molar-refractivity contribution in [1.82, 2.24) is 0 Å². The number of esters is 3. The first-order valence-corrected chi connectivity index (χ1v) is 28.1. The molecule has 65 heavy (non-hydrogen) atoms. The van der Waals surface area contributed by atoms with Crippen molar-refractivity contribution in [3.8, 4) is 0 Å². The highest BCUT2D eigenvalue weighted by atomic mass is 16.6. The summed E-state index contributed by atoms with van der Waals surface area (Å²) in [5.41, 5.74) is 0. The van der Waals surface area contributed by atoms with E-state index in [-0.39, 0.29) is 37.5 Å². The zero-order chi connectivity index (χ0) is 47.2. The van der Waals surface area contributed by atoms with Crippen LogP contribution >= 0.6 is 0 Å². The number of ether oxygens (including phenoxy) is 3. The summed E-state index contributed by atoms with van der Waals surface area (Å²) >= 11 is 0. The molecule has 0 spiro atoms. The van der Waals surface area contributed by atoms with E-state index in [1.54, 1.807) is 0 Å². The number of hydrogen-bond acceptors (Lipinski definition) is 6. The summed E-state index contributed by atoms with van der Waals surface area (Å²) in [6.07, 6.45) is 65.3. The van der Waals surface area contributed by atoms with Crippen molar-refractivity contribution in [2.24, 2.45) is 0 Å². The summed E-state index contributed by atoms with van der Waals surface area (Å²) < 4.78 is 16.8. The molecular weight excluding hydrogens is 805 g/mol. The second-order valence-electron chi connectivity index (χ2n) is 18.8. The summed E-state index contributed by atoms with van der Waals surface area (Å²) in [4.78, 5) is 38.1. The summed E-state index contributed by atoms with van der Waals surface area (Å²) in [5, 5.41) is 0. The Kier molecular flexibility index (Phi) is 51.8. The van der Waals surface area contributed by atoms with Crippen LogP contribution in [0.25, 0.3) is 0 Å². The molecule has 0 aliphatic rings. The zero-order valence-corrected chi connectivity index (χ0v) is 43.3. The van der Waals surface area contributed by atoms with E-state index in [9.17, 15) is 14.4 Å². The highest BCUT2D eigenvalue weighted by Crippen LogP contribution is 2.16. The van der Waals surface area contributed by atoms with Crippen LogP contribution in [0, 0.1) is 0 Å². The van der Waals surface area contributed by atoms with Crippen molar-refractivity contribution in [1.29, 1.82) is 0 Å². The fourth-order valence-corrected chi connectivity index (χ4v) is 8.03. The SMILES string of the molecule is CCCCC/C=C\C/C=C\C/C=C\CCCCC(=O)O[C@H](COC(=O)CCCCCCCCC/C=C\CCCCCC)COC(=O)CCCCCCCCCCCCCCCCCCC. The van der Waals surface area contributed by atoms with E-state index in [2.05, 4.69) is 69.4 Å². The fraction of sp³-hybridized carbons (Fsp3) is 0.814. The van der Waals surface area contributed by atoms with Gasteiger partial charge in [0, 0.05) is 19.3 Å². The predicted molar refractivity (Wildman–Crippen MR) is 279 cm³/mol. The first-order chi connectivity index (χ1) is 32.0.